The Morgan fingerprint density at radius 1 is 1.37 bits per heavy atom. The van der Waals surface area contributed by atoms with Gasteiger partial charge in [0.25, 0.3) is 0 Å². The van der Waals surface area contributed by atoms with E-state index in [2.05, 4.69) is 21.2 Å². The lowest BCUT2D eigenvalue weighted by Gasteiger charge is -2.34. The maximum atomic E-state index is 11.3. The number of benzene rings is 1. The summed E-state index contributed by atoms with van der Waals surface area (Å²) in [4.78, 5) is 22.4. The largest absolute Gasteiger partial charge is 0.478 e. The fourth-order valence-corrected chi connectivity index (χ4v) is 3.45. The van der Waals surface area contributed by atoms with Gasteiger partial charge in [0, 0.05) is 16.8 Å². The molecule has 102 valence electrons. The molecular weight excluding hydrogens is 310 g/mol. The van der Waals surface area contributed by atoms with Gasteiger partial charge in [-0.05, 0) is 30.9 Å². The second-order valence-electron chi connectivity index (χ2n) is 4.80. The van der Waals surface area contributed by atoms with Crippen molar-refractivity contribution >= 4 is 28.3 Å². The van der Waals surface area contributed by atoms with Gasteiger partial charge in [-0.2, -0.15) is 0 Å². The predicted molar refractivity (Wildman–Crippen MR) is 75.7 cm³/mol. The Morgan fingerprint density at radius 3 is 2.79 bits per heavy atom. The lowest BCUT2D eigenvalue weighted by atomic mass is 9.78. The monoisotopic (exact) mass is 325 g/mol. The van der Waals surface area contributed by atoms with Crippen LogP contribution in [0.2, 0.25) is 0 Å². The third-order valence-corrected chi connectivity index (χ3v) is 4.49. The summed E-state index contributed by atoms with van der Waals surface area (Å²) < 4.78 is 0. The maximum absolute atomic E-state index is 11.3. The van der Waals surface area contributed by atoms with Crippen LogP contribution < -0.4 is 5.32 Å². The van der Waals surface area contributed by atoms with Crippen molar-refractivity contribution in [1.29, 1.82) is 0 Å². The van der Waals surface area contributed by atoms with E-state index in [1.165, 1.54) is 0 Å². The molecule has 1 aliphatic rings. The summed E-state index contributed by atoms with van der Waals surface area (Å²) in [5.74, 6) is -0.854. The Balaban J connectivity index is 2.33. The van der Waals surface area contributed by atoms with Gasteiger partial charge in [-0.3, -0.25) is 4.79 Å². The highest BCUT2D eigenvalue weighted by Crippen LogP contribution is 2.37. The summed E-state index contributed by atoms with van der Waals surface area (Å²) in [6.07, 6.45) is 3.37. The molecule has 4 nitrogen and oxygen atoms in total. The Bertz CT molecular complexity index is 478. The maximum Gasteiger partial charge on any atom is 0.335 e. The van der Waals surface area contributed by atoms with Crippen LogP contribution in [0.15, 0.2) is 24.3 Å². The van der Waals surface area contributed by atoms with Crippen molar-refractivity contribution in [2.24, 2.45) is 0 Å². The van der Waals surface area contributed by atoms with Crippen LogP contribution in [0.4, 0.5) is 0 Å². The first-order chi connectivity index (χ1) is 9.13. The Labute approximate surface area is 120 Å². The van der Waals surface area contributed by atoms with Crippen molar-refractivity contribution in [3.8, 4) is 0 Å². The summed E-state index contributed by atoms with van der Waals surface area (Å²) in [7, 11) is 0. The lowest BCUT2D eigenvalue weighted by Crippen LogP contribution is -2.40. The molecule has 19 heavy (non-hydrogen) atoms. The van der Waals surface area contributed by atoms with Crippen LogP contribution >= 0.6 is 15.9 Å². The predicted octanol–water partition coefficient (Wildman–Crippen LogP) is 2.53. The average molecular weight is 326 g/mol. The van der Waals surface area contributed by atoms with Crippen LogP contribution in [0.5, 0.6) is 0 Å². The van der Waals surface area contributed by atoms with Crippen molar-refractivity contribution < 1.29 is 14.7 Å². The molecular formula is C14H16BrNO3. The molecule has 0 unspecified atom stereocenters. The van der Waals surface area contributed by atoms with Gasteiger partial charge in [0.2, 0.25) is 6.41 Å². The van der Waals surface area contributed by atoms with Gasteiger partial charge in [-0.1, -0.05) is 34.1 Å². The zero-order chi connectivity index (χ0) is 13.8. The molecule has 1 saturated carbocycles. The summed E-state index contributed by atoms with van der Waals surface area (Å²) in [5, 5.41) is 12.1. The number of carbonyl (C=O) groups is 2. The highest BCUT2D eigenvalue weighted by Gasteiger charge is 2.32. The average Bonchev–Trinajstić information content (AvgIpc) is 2.39. The highest BCUT2D eigenvalue weighted by molar-refractivity contribution is 9.09. The molecule has 2 rings (SSSR count). The SMILES string of the molecule is O=CN[C@H]1C[C@H](Br)CC[C@H]1c1ccccc1C(=O)O. The van der Waals surface area contributed by atoms with Gasteiger partial charge in [0.1, 0.15) is 0 Å². The van der Waals surface area contributed by atoms with Crippen molar-refractivity contribution in [1.82, 2.24) is 5.32 Å². The number of alkyl halides is 1. The number of amides is 1. The quantitative estimate of drug-likeness (QED) is 0.660. The molecule has 2 N–H and O–H groups in total. The first-order valence-electron chi connectivity index (χ1n) is 6.29. The first kappa shape index (κ1) is 14.1. The van der Waals surface area contributed by atoms with Crippen molar-refractivity contribution in [2.75, 3.05) is 0 Å². The number of nitrogens with one attached hydrogen (secondary N) is 1. The van der Waals surface area contributed by atoms with Crippen LogP contribution in [0, 0.1) is 0 Å². The summed E-state index contributed by atoms with van der Waals surface area (Å²) in [6, 6.07) is 7.03. The summed E-state index contributed by atoms with van der Waals surface area (Å²) in [6.45, 7) is 0. The van der Waals surface area contributed by atoms with Gasteiger partial charge >= 0.3 is 5.97 Å². The molecule has 0 heterocycles. The van der Waals surface area contributed by atoms with E-state index in [9.17, 15) is 14.7 Å². The first-order valence-corrected chi connectivity index (χ1v) is 7.21. The van der Waals surface area contributed by atoms with Crippen LogP contribution in [0.25, 0.3) is 0 Å². The number of halogens is 1. The van der Waals surface area contributed by atoms with Crippen molar-refractivity contribution in [3.63, 3.8) is 0 Å². The number of aromatic carboxylic acids is 1. The van der Waals surface area contributed by atoms with Gasteiger partial charge in [-0.25, -0.2) is 4.79 Å². The van der Waals surface area contributed by atoms with Crippen LogP contribution in [-0.2, 0) is 4.79 Å². The zero-order valence-corrected chi connectivity index (χ0v) is 12.0. The number of hydrogen-bond donors (Lipinski definition) is 2. The molecule has 5 heteroatoms. The minimum absolute atomic E-state index is 0.0175. The third kappa shape index (κ3) is 3.15. The molecule has 1 amide bonds. The number of rotatable bonds is 4. The van der Waals surface area contributed by atoms with Gasteiger partial charge in [0.05, 0.1) is 5.56 Å². The second-order valence-corrected chi connectivity index (χ2v) is 6.10. The van der Waals surface area contributed by atoms with E-state index in [1.54, 1.807) is 12.1 Å². The van der Waals surface area contributed by atoms with Gasteiger partial charge < -0.3 is 10.4 Å². The molecule has 1 aromatic rings. The zero-order valence-electron chi connectivity index (χ0n) is 10.4. The molecule has 0 aromatic heterocycles. The Morgan fingerprint density at radius 2 is 2.11 bits per heavy atom. The van der Waals surface area contributed by atoms with E-state index in [1.807, 2.05) is 12.1 Å². The molecule has 0 bridgehead atoms. The molecule has 1 aliphatic carbocycles. The molecule has 0 saturated heterocycles. The standard InChI is InChI=1S/C14H16BrNO3/c15-9-5-6-11(13(7-9)16-8-17)10-3-1-2-4-12(10)14(18)19/h1-4,8-9,11,13H,5-7H2,(H,16,17)(H,18,19)/t9-,11+,13+/m1/s1. The molecule has 0 aliphatic heterocycles. The highest BCUT2D eigenvalue weighted by atomic mass is 79.9. The van der Waals surface area contributed by atoms with Crippen molar-refractivity contribution in [2.45, 2.75) is 36.0 Å². The van der Waals surface area contributed by atoms with E-state index in [-0.39, 0.29) is 12.0 Å². The fourth-order valence-electron chi connectivity index (χ4n) is 2.78. The number of hydrogen-bond acceptors (Lipinski definition) is 2. The Kier molecular flexibility index (Phi) is 4.58. The molecule has 0 radical (unpaired) electrons. The van der Waals surface area contributed by atoms with Crippen molar-refractivity contribution in [3.05, 3.63) is 35.4 Å². The van der Waals surface area contributed by atoms with Crippen LogP contribution in [0.3, 0.4) is 0 Å². The Hall–Kier alpha value is -1.36. The molecule has 1 aromatic carbocycles. The van der Waals surface area contributed by atoms with Gasteiger partial charge in [-0.15, -0.1) is 0 Å². The van der Waals surface area contributed by atoms with E-state index < -0.39 is 5.97 Å². The van der Waals surface area contributed by atoms with Crippen LogP contribution in [-0.4, -0.2) is 28.4 Å². The van der Waals surface area contributed by atoms with E-state index in [0.29, 0.717) is 16.8 Å². The van der Waals surface area contributed by atoms with Crippen LogP contribution in [0.1, 0.15) is 41.1 Å². The summed E-state index contributed by atoms with van der Waals surface area (Å²) >= 11 is 3.57. The van der Waals surface area contributed by atoms with E-state index in [0.717, 1.165) is 24.8 Å². The topological polar surface area (TPSA) is 66.4 Å². The minimum atomic E-state index is -0.915. The second kappa shape index (κ2) is 6.19. The van der Waals surface area contributed by atoms with E-state index in [4.69, 9.17) is 0 Å². The fraction of sp³-hybridized carbons (Fsp3) is 0.429. The van der Waals surface area contributed by atoms with Gasteiger partial charge in [0.15, 0.2) is 0 Å². The third-order valence-electron chi connectivity index (χ3n) is 3.66. The van der Waals surface area contributed by atoms with E-state index >= 15 is 0 Å². The number of carbonyl (C=O) groups excluding carboxylic acids is 1. The minimum Gasteiger partial charge on any atom is -0.478 e. The number of carboxylic acids is 1. The molecule has 3 atom stereocenters. The lowest BCUT2D eigenvalue weighted by molar-refractivity contribution is -0.110. The molecule has 1 fully saturated rings. The molecule has 0 spiro atoms. The summed E-state index contributed by atoms with van der Waals surface area (Å²) in [5.41, 5.74) is 1.15. The number of carboxylic acid groups (broad SMARTS) is 1. The smallest absolute Gasteiger partial charge is 0.335 e. The normalized spacial score (nSPS) is 26.7.